The molecule has 130 valence electrons. The van der Waals surface area contributed by atoms with Crippen molar-refractivity contribution in [2.24, 2.45) is 5.92 Å². The van der Waals surface area contributed by atoms with Crippen molar-refractivity contribution in [2.45, 2.75) is 31.6 Å². The Kier molecular flexibility index (Phi) is 4.80. The van der Waals surface area contributed by atoms with Crippen LogP contribution in [0.3, 0.4) is 0 Å². The van der Waals surface area contributed by atoms with Gasteiger partial charge in [0.1, 0.15) is 11.6 Å². The second-order valence-electron chi connectivity index (χ2n) is 6.44. The van der Waals surface area contributed by atoms with Gasteiger partial charge in [-0.05, 0) is 37.3 Å². The smallest absolute Gasteiger partial charge is 0.234 e. The Morgan fingerprint density at radius 3 is 2.29 bits per heavy atom. The van der Waals surface area contributed by atoms with Crippen LogP contribution in [0.15, 0.2) is 12.1 Å². The summed E-state index contributed by atoms with van der Waals surface area (Å²) >= 11 is 0. The number of piperidine rings is 2. The van der Waals surface area contributed by atoms with E-state index in [1.165, 1.54) is 12.1 Å². The second-order valence-corrected chi connectivity index (χ2v) is 6.44. The van der Waals surface area contributed by atoms with E-state index in [2.05, 4.69) is 5.32 Å². The number of aliphatic hydroxyl groups is 1. The van der Waals surface area contributed by atoms with Crippen molar-refractivity contribution in [1.29, 1.82) is 0 Å². The van der Waals surface area contributed by atoms with Gasteiger partial charge < -0.3 is 10.0 Å². The van der Waals surface area contributed by atoms with E-state index >= 15 is 0 Å². The number of benzene rings is 1. The molecule has 1 aromatic carbocycles. The first-order valence-electron chi connectivity index (χ1n) is 8.18. The van der Waals surface area contributed by atoms with E-state index in [0.717, 1.165) is 12.8 Å². The van der Waals surface area contributed by atoms with Crippen LogP contribution < -0.4 is 10.2 Å². The SMILES string of the molecule is O=C1CC[C@H](c2c(F)cc(N3CCC(CO)CC3)cc2F)C(=O)N1. The van der Waals surface area contributed by atoms with Gasteiger partial charge in [0.25, 0.3) is 0 Å². The average molecular weight is 338 g/mol. The molecule has 2 saturated heterocycles. The van der Waals surface area contributed by atoms with Gasteiger partial charge in [0, 0.05) is 37.4 Å². The summed E-state index contributed by atoms with van der Waals surface area (Å²) < 4.78 is 29.0. The fourth-order valence-corrected chi connectivity index (χ4v) is 3.43. The molecule has 0 bridgehead atoms. The molecule has 2 amide bonds. The molecule has 2 N–H and O–H groups in total. The second kappa shape index (κ2) is 6.84. The maximum Gasteiger partial charge on any atom is 0.234 e. The highest BCUT2D eigenvalue weighted by Gasteiger charge is 2.33. The zero-order chi connectivity index (χ0) is 17.3. The summed E-state index contributed by atoms with van der Waals surface area (Å²) in [4.78, 5) is 24.9. The van der Waals surface area contributed by atoms with E-state index < -0.39 is 29.4 Å². The zero-order valence-electron chi connectivity index (χ0n) is 13.2. The minimum atomic E-state index is -0.975. The van der Waals surface area contributed by atoms with Crippen molar-refractivity contribution < 1.29 is 23.5 Å². The van der Waals surface area contributed by atoms with Gasteiger partial charge in [0.15, 0.2) is 0 Å². The normalized spacial score (nSPS) is 22.6. The van der Waals surface area contributed by atoms with E-state index in [1.54, 1.807) is 0 Å². The Morgan fingerprint density at radius 1 is 1.12 bits per heavy atom. The number of rotatable bonds is 3. The summed E-state index contributed by atoms with van der Waals surface area (Å²) in [5.74, 6) is -3.33. The first-order chi connectivity index (χ1) is 11.5. The van der Waals surface area contributed by atoms with Gasteiger partial charge in [-0.1, -0.05) is 0 Å². The lowest BCUT2D eigenvalue weighted by atomic mass is 9.89. The van der Waals surface area contributed by atoms with Crippen molar-refractivity contribution in [3.05, 3.63) is 29.3 Å². The maximum absolute atomic E-state index is 14.5. The predicted molar refractivity (Wildman–Crippen MR) is 83.5 cm³/mol. The van der Waals surface area contributed by atoms with Gasteiger partial charge in [-0.25, -0.2) is 8.78 Å². The molecule has 1 atom stereocenters. The lowest BCUT2D eigenvalue weighted by molar-refractivity contribution is -0.134. The van der Waals surface area contributed by atoms with Crippen LogP contribution in [-0.4, -0.2) is 36.6 Å². The summed E-state index contributed by atoms with van der Waals surface area (Å²) in [6.07, 6.45) is 1.73. The van der Waals surface area contributed by atoms with E-state index in [4.69, 9.17) is 5.11 Å². The van der Waals surface area contributed by atoms with Gasteiger partial charge >= 0.3 is 0 Å². The highest BCUT2D eigenvalue weighted by atomic mass is 19.1. The zero-order valence-corrected chi connectivity index (χ0v) is 13.2. The van der Waals surface area contributed by atoms with Gasteiger partial charge in [0.2, 0.25) is 11.8 Å². The molecule has 0 spiro atoms. The molecule has 3 rings (SSSR count). The van der Waals surface area contributed by atoms with Crippen LogP contribution in [0.4, 0.5) is 14.5 Å². The summed E-state index contributed by atoms with van der Waals surface area (Å²) in [7, 11) is 0. The van der Waals surface area contributed by atoms with Crippen LogP contribution in [0.1, 0.15) is 37.2 Å². The summed E-state index contributed by atoms with van der Waals surface area (Å²) in [5, 5.41) is 11.3. The molecule has 2 heterocycles. The largest absolute Gasteiger partial charge is 0.396 e. The van der Waals surface area contributed by atoms with E-state index in [0.29, 0.717) is 18.8 Å². The fraction of sp³-hybridized carbons (Fsp3) is 0.529. The highest BCUT2D eigenvalue weighted by Crippen LogP contribution is 2.33. The number of anilines is 1. The average Bonchev–Trinajstić information content (AvgIpc) is 2.56. The number of hydrogen-bond donors (Lipinski definition) is 2. The molecule has 7 heteroatoms. The monoisotopic (exact) mass is 338 g/mol. The van der Waals surface area contributed by atoms with Crippen molar-refractivity contribution in [3.8, 4) is 0 Å². The Balaban J connectivity index is 1.82. The highest BCUT2D eigenvalue weighted by molar-refractivity contribution is 6.01. The molecule has 2 aliphatic heterocycles. The summed E-state index contributed by atoms with van der Waals surface area (Å²) in [6.45, 7) is 1.38. The number of halogens is 2. The molecule has 5 nitrogen and oxygen atoms in total. The lowest BCUT2D eigenvalue weighted by Crippen LogP contribution is -2.40. The topological polar surface area (TPSA) is 69.6 Å². The van der Waals surface area contributed by atoms with Crippen molar-refractivity contribution in [3.63, 3.8) is 0 Å². The van der Waals surface area contributed by atoms with Gasteiger partial charge in [-0.3, -0.25) is 14.9 Å². The summed E-state index contributed by atoms with van der Waals surface area (Å²) in [5.41, 5.74) is 0.173. The number of imide groups is 1. The van der Waals surface area contributed by atoms with Crippen LogP contribution >= 0.6 is 0 Å². The minimum absolute atomic E-state index is 0.0751. The molecule has 0 unspecified atom stereocenters. The van der Waals surface area contributed by atoms with E-state index in [-0.39, 0.29) is 30.9 Å². The first-order valence-corrected chi connectivity index (χ1v) is 8.18. The molecule has 1 aromatic rings. The molecule has 2 fully saturated rings. The third-order valence-electron chi connectivity index (χ3n) is 4.89. The predicted octanol–water partition coefficient (Wildman–Crippen LogP) is 1.69. The number of hydrogen-bond acceptors (Lipinski definition) is 4. The standard InChI is InChI=1S/C17H20F2N2O3/c18-13-7-11(21-5-3-10(9-22)4-6-21)8-14(19)16(13)12-1-2-15(23)20-17(12)24/h7-8,10,12,22H,1-6,9H2,(H,20,23,24)/t12-/m1/s1. The van der Waals surface area contributed by atoms with Crippen molar-refractivity contribution >= 4 is 17.5 Å². The van der Waals surface area contributed by atoms with E-state index in [1.807, 2.05) is 4.90 Å². The molecular formula is C17H20F2N2O3. The fourth-order valence-electron chi connectivity index (χ4n) is 3.43. The van der Waals surface area contributed by atoms with Crippen LogP contribution in [0.2, 0.25) is 0 Å². The number of carbonyl (C=O) groups is 2. The molecule has 0 radical (unpaired) electrons. The molecule has 0 aromatic heterocycles. The number of nitrogens with zero attached hydrogens (tertiary/aromatic N) is 1. The van der Waals surface area contributed by atoms with Crippen molar-refractivity contribution in [1.82, 2.24) is 5.32 Å². The third kappa shape index (κ3) is 3.26. The van der Waals surface area contributed by atoms with Gasteiger partial charge in [0.05, 0.1) is 5.92 Å². The van der Waals surface area contributed by atoms with Crippen LogP contribution in [0.5, 0.6) is 0 Å². The van der Waals surface area contributed by atoms with E-state index in [9.17, 15) is 18.4 Å². The van der Waals surface area contributed by atoms with Crippen LogP contribution in [-0.2, 0) is 9.59 Å². The number of aliphatic hydroxyl groups excluding tert-OH is 1. The number of amides is 2. The van der Waals surface area contributed by atoms with Gasteiger partial charge in [-0.15, -0.1) is 0 Å². The number of nitrogens with one attached hydrogen (secondary N) is 1. The molecular weight excluding hydrogens is 318 g/mol. The maximum atomic E-state index is 14.5. The molecule has 2 aliphatic rings. The molecule has 0 saturated carbocycles. The Bertz CT molecular complexity index is 634. The van der Waals surface area contributed by atoms with Crippen LogP contribution in [0.25, 0.3) is 0 Å². The number of carbonyl (C=O) groups excluding carboxylic acids is 2. The van der Waals surface area contributed by atoms with Crippen molar-refractivity contribution in [2.75, 3.05) is 24.6 Å². The first kappa shape index (κ1) is 16.8. The molecule has 24 heavy (non-hydrogen) atoms. The third-order valence-corrected chi connectivity index (χ3v) is 4.89. The quantitative estimate of drug-likeness (QED) is 0.823. The lowest BCUT2D eigenvalue weighted by Gasteiger charge is -2.33. The summed E-state index contributed by atoms with van der Waals surface area (Å²) in [6, 6.07) is 2.50. The Labute approximate surface area is 138 Å². The van der Waals surface area contributed by atoms with Gasteiger partial charge in [-0.2, -0.15) is 0 Å². The Hall–Kier alpha value is -2.02. The Morgan fingerprint density at radius 2 is 1.75 bits per heavy atom. The van der Waals surface area contributed by atoms with Crippen LogP contribution in [0, 0.1) is 17.6 Å². The molecule has 0 aliphatic carbocycles. The minimum Gasteiger partial charge on any atom is -0.396 e.